The molecule has 1 atom stereocenters. The lowest BCUT2D eigenvalue weighted by Crippen LogP contribution is -2.57. The number of nitrogens with zero attached hydrogens (tertiary/aromatic N) is 4. The third kappa shape index (κ3) is 3.92. The smallest absolute Gasteiger partial charge is 0.242 e. The fourth-order valence-electron chi connectivity index (χ4n) is 6.15. The lowest BCUT2D eigenvalue weighted by molar-refractivity contribution is -0.128. The molecule has 2 fully saturated rings. The van der Waals surface area contributed by atoms with Crippen LogP contribution in [0.15, 0.2) is 54.7 Å². The summed E-state index contributed by atoms with van der Waals surface area (Å²) >= 11 is 12.9. The molecule has 0 saturated carbocycles. The number of amides is 1. The van der Waals surface area contributed by atoms with Crippen molar-refractivity contribution in [2.45, 2.75) is 51.4 Å². The predicted molar refractivity (Wildman–Crippen MR) is 151 cm³/mol. The summed E-state index contributed by atoms with van der Waals surface area (Å²) in [6.07, 6.45) is 3.06. The topological polar surface area (TPSA) is 74.6 Å². The van der Waals surface area contributed by atoms with Crippen LogP contribution in [0.4, 0.5) is 0 Å². The van der Waals surface area contributed by atoms with E-state index in [1.807, 2.05) is 66.2 Å². The Labute approximate surface area is 232 Å². The van der Waals surface area contributed by atoms with Gasteiger partial charge in [-0.15, -0.1) is 0 Å². The summed E-state index contributed by atoms with van der Waals surface area (Å²) in [4.78, 5) is 20.8. The van der Waals surface area contributed by atoms with E-state index < -0.39 is 5.54 Å². The van der Waals surface area contributed by atoms with Crippen LogP contribution in [0, 0.1) is 6.92 Å². The monoisotopic (exact) mass is 548 g/mol. The Morgan fingerprint density at radius 2 is 1.76 bits per heavy atom. The van der Waals surface area contributed by atoms with Crippen molar-refractivity contribution in [1.82, 2.24) is 30.1 Å². The van der Waals surface area contributed by atoms with E-state index >= 15 is 0 Å². The molecule has 4 heterocycles. The molecule has 2 aromatic heterocycles. The molecular weight excluding hydrogens is 519 g/mol. The summed E-state index contributed by atoms with van der Waals surface area (Å²) < 4.78 is 1.90. The fraction of sp³-hybridized carbons (Fsp3) is 0.345. The molecule has 0 radical (unpaired) electrons. The van der Waals surface area contributed by atoms with Gasteiger partial charge in [-0.25, -0.2) is 9.50 Å². The van der Waals surface area contributed by atoms with Crippen LogP contribution >= 0.6 is 23.2 Å². The normalized spacial score (nSPS) is 19.5. The highest BCUT2D eigenvalue weighted by molar-refractivity contribution is 6.33. The van der Waals surface area contributed by atoms with Crippen molar-refractivity contribution in [3.05, 3.63) is 76.0 Å². The van der Waals surface area contributed by atoms with Crippen LogP contribution < -0.4 is 10.6 Å². The van der Waals surface area contributed by atoms with Gasteiger partial charge >= 0.3 is 0 Å². The minimum atomic E-state index is -0.552. The summed E-state index contributed by atoms with van der Waals surface area (Å²) in [5.41, 5.74) is 5.36. The zero-order valence-corrected chi connectivity index (χ0v) is 23.1. The standard InChI is InChI=1S/C29H30Cl2N6O/c1-17(2)36-27(34-28(38)29(36)12-14-32-15-13-29)25-18(3)16-33-26-23(19-8-10-20(30)11-9-19)24(35-37(25)26)21-6-4-5-7-22(21)31/h4-11,16-17,27,32H,12-15H2,1-3H3,(H,34,38). The number of nitrogens with one attached hydrogen (secondary N) is 2. The second-order valence-corrected chi connectivity index (χ2v) is 11.3. The van der Waals surface area contributed by atoms with Crippen LogP contribution in [-0.2, 0) is 4.79 Å². The first-order valence-corrected chi connectivity index (χ1v) is 13.8. The highest BCUT2D eigenvalue weighted by Gasteiger charge is 2.55. The van der Waals surface area contributed by atoms with Gasteiger partial charge in [-0.05, 0) is 76.0 Å². The van der Waals surface area contributed by atoms with Crippen LogP contribution in [0.25, 0.3) is 28.0 Å². The SMILES string of the molecule is Cc1cnc2c(-c3ccc(Cl)cc3)c(-c3ccccc3Cl)nn2c1C1NC(=O)C2(CCNCC2)N1C(C)C. The van der Waals surface area contributed by atoms with E-state index in [-0.39, 0.29) is 18.1 Å². The molecule has 6 rings (SSSR count). The Hall–Kier alpha value is -2.97. The van der Waals surface area contributed by atoms with Crippen molar-refractivity contribution in [2.24, 2.45) is 0 Å². The Morgan fingerprint density at radius 3 is 2.45 bits per heavy atom. The maximum absolute atomic E-state index is 13.6. The second-order valence-electron chi connectivity index (χ2n) is 10.4. The molecule has 1 unspecified atom stereocenters. The Bertz CT molecular complexity index is 1520. The Morgan fingerprint density at radius 1 is 1.05 bits per heavy atom. The first kappa shape index (κ1) is 25.3. The number of aromatic nitrogens is 3. The van der Waals surface area contributed by atoms with Crippen LogP contribution in [-0.4, -0.2) is 50.1 Å². The molecule has 7 nitrogen and oxygen atoms in total. The molecule has 2 N–H and O–H groups in total. The summed E-state index contributed by atoms with van der Waals surface area (Å²) in [7, 11) is 0. The van der Waals surface area contributed by atoms with E-state index in [0.717, 1.165) is 59.6 Å². The molecule has 38 heavy (non-hydrogen) atoms. The quantitative estimate of drug-likeness (QED) is 0.345. The van der Waals surface area contributed by atoms with Crippen molar-refractivity contribution in [3.63, 3.8) is 0 Å². The van der Waals surface area contributed by atoms with E-state index in [0.29, 0.717) is 15.7 Å². The molecule has 9 heteroatoms. The van der Waals surface area contributed by atoms with E-state index in [1.54, 1.807) is 0 Å². The molecule has 2 saturated heterocycles. The number of piperidine rings is 1. The molecule has 196 valence electrons. The molecule has 0 aliphatic carbocycles. The highest BCUT2D eigenvalue weighted by atomic mass is 35.5. The van der Waals surface area contributed by atoms with Crippen LogP contribution in [0.5, 0.6) is 0 Å². The van der Waals surface area contributed by atoms with Crippen molar-refractivity contribution in [3.8, 4) is 22.4 Å². The number of aryl methyl sites for hydroxylation is 1. The number of fused-ring (bicyclic) bond motifs is 1. The minimum Gasteiger partial charge on any atom is -0.333 e. The molecule has 4 aromatic rings. The zero-order valence-electron chi connectivity index (χ0n) is 21.6. The summed E-state index contributed by atoms with van der Waals surface area (Å²) in [6.45, 7) is 7.96. The van der Waals surface area contributed by atoms with Gasteiger partial charge in [-0.3, -0.25) is 9.69 Å². The molecule has 2 aromatic carbocycles. The zero-order chi connectivity index (χ0) is 26.6. The molecule has 1 spiro atoms. The number of hydrogen-bond donors (Lipinski definition) is 2. The number of carbonyl (C=O) groups is 1. The number of carbonyl (C=O) groups excluding carboxylic acids is 1. The average molecular weight is 550 g/mol. The summed E-state index contributed by atoms with van der Waals surface area (Å²) in [5, 5.41) is 13.2. The van der Waals surface area contributed by atoms with Gasteiger partial charge in [0, 0.05) is 22.8 Å². The van der Waals surface area contributed by atoms with E-state index in [4.69, 9.17) is 33.3 Å². The second kappa shape index (κ2) is 9.65. The molecule has 0 bridgehead atoms. The maximum atomic E-state index is 13.6. The van der Waals surface area contributed by atoms with Gasteiger partial charge in [0.2, 0.25) is 5.91 Å². The number of hydrogen-bond acceptors (Lipinski definition) is 5. The summed E-state index contributed by atoms with van der Waals surface area (Å²) in [5.74, 6) is 0.0819. The first-order chi connectivity index (χ1) is 18.3. The molecule has 1 amide bonds. The van der Waals surface area contributed by atoms with Gasteiger partial charge in [0.05, 0.1) is 16.3 Å². The Balaban J connectivity index is 1.62. The molecular formula is C29H30Cl2N6O. The third-order valence-electron chi connectivity index (χ3n) is 7.84. The van der Waals surface area contributed by atoms with Crippen molar-refractivity contribution < 1.29 is 4.79 Å². The fourth-order valence-corrected chi connectivity index (χ4v) is 6.50. The molecule has 2 aliphatic rings. The van der Waals surface area contributed by atoms with Gasteiger partial charge in [0.1, 0.15) is 17.4 Å². The highest BCUT2D eigenvalue weighted by Crippen LogP contribution is 2.43. The van der Waals surface area contributed by atoms with Gasteiger partial charge in [0.15, 0.2) is 5.65 Å². The lowest BCUT2D eigenvalue weighted by atomic mass is 9.86. The molecule has 2 aliphatic heterocycles. The van der Waals surface area contributed by atoms with Gasteiger partial charge in [-0.1, -0.05) is 53.5 Å². The van der Waals surface area contributed by atoms with Gasteiger partial charge in [-0.2, -0.15) is 5.10 Å². The van der Waals surface area contributed by atoms with E-state index in [1.165, 1.54) is 0 Å². The predicted octanol–water partition coefficient (Wildman–Crippen LogP) is 5.64. The van der Waals surface area contributed by atoms with Crippen molar-refractivity contribution >= 4 is 34.8 Å². The maximum Gasteiger partial charge on any atom is 0.242 e. The van der Waals surface area contributed by atoms with Crippen LogP contribution in [0.2, 0.25) is 10.0 Å². The number of benzene rings is 2. The van der Waals surface area contributed by atoms with Crippen molar-refractivity contribution in [1.29, 1.82) is 0 Å². The third-order valence-corrected chi connectivity index (χ3v) is 8.43. The Kier molecular flexibility index (Phi) is 6.43. The van der Waals surface area contributed by atoms with Gasteiger partial charge < -0.3 is 10.6 Å². The van der Waals surface area contributed by atoms with Crippen LogP contribution in [0.3, 0.4) is 0 Å². The largest absolute Gasteiger partial charge is 0.333 e. The number of halogens is 2. The van der Waals surface area contributed by atoms with Crippen molar-refractivity contribution in [2.75, 3.05) is 13.1 Å². The minimum absolute atomic E-state index is 0.0819. The first-order valence-electron chi connectivity index (χ1n) is 13.0. The van der Waals surface area contributed by atoms with Gasteiger partial charge in [0.25, 0.3) is 0 Å². The van der Waals surface area contributed by atoms with E-state index in [2.05, 4.69) is 29.4 Å². The summed E-state index contributed by atoms with van der Waals surface area (Å²) in [6, 6.07) is 15.5. The lowest BCUT2D eigenvalue weighted by Gasteiger charge is -2.43. The number of rotatable bonds is 4. The van der Waals surface area contributed by atoms with E-state index in [9.17, 15) is 4.79 Å². The average Bonchev–Trinajstić information content (AvgIpc) is 3.40. The van der Waals surface area contributed by atoms with Crippen LogP contribution in [0.1, 0.15) is 44.1 Å².